The van der Waals surface area contributed by atoms with E-state index in [-0.39, 0.29) is 23.2 Å². The summed E-state index contributed by atoms with van der Waals surface area (Å²) in [5.41, 5.74) is 3.72. The summed E-state index contributed by atoms with van der Waals surface area (Å²) in [4.78, 5) is 26.7. The van der Waals surface area contributed by atoms with Gasteiger partial charge >= 0.3 is 0 Å². The third-order valence-electron chi connectivity index (χ3n) is 5.98. The average molecular weight is 513 g/mol. The molecule has 0 radical (unpaired) electrons. The first-order chi connectivity index (χ1) is 15.8. The number of rotatable bonds is 5. The number of methoxy groups -OCH3 is 2. The van der Waals surface area contributed by atoms with E-state index in [2.05, 4.69) is 26.6 Å². The van der Waals surface area contributed by atoms with Crippen molar-refractivity contribution in [2.24, 2.45) is 0 Å². The standard InChI is InChI=1S/C25H25BrN2O5/c1-13-21(25(31)28-16-7-4-5-10-19(16)32-2)22(23-17(27-13)8-6-9-18(23)29)14-11-15(26)24(30)20(12-14)33-3/h4-5,7,10-12,22,27,30H,6,8-9H2,1-3H3,(H,28,31). The number of dihydropyridines is 1. The fourth-order valence-corrected chi connectivity index (χ4v) is 4.93. The monoisotopic (exact) mass is 512 g/mol. The normalized spacial score (nSPS) is 17.9. The van der Waals surface area contributed by atoms with Gasteiger partial charge in [0.2, 0.25) is 0 Å². The maximum atomic E-state index is 13.6. The van der Waals surface area contributed by atoms with E-state index in [1.807, 2.05) is 19.1 Å². The summed E-state index contributed by atoms with van der Waals surface area (Å²) in [6.45, 7) is 1.83. The zero-order chi connectivity index (χ0) is 23.7. The van der Waals surface area contributed by atoms with Gasteiger partial charge in [0.1, 0.15) is 5.75 Å². The van der Waals surface area contributed by atoms with Crippen LogP contribution < -0.4 is 20.1 Å². The molecule has 0 bridgehead atoms. The number of benzene rings is 2. The number of ketones is 1. The third-order valence-corrected chi connectivity index (χ3v) is 6.58. The summed E-state index contributed by atoms with van der Waals surface area (Å²) >= 11 is 3.37. The second kappa shape index (κ2) is 9.31. The Balaban J connectivity index is 1.85. The molecule has 2 aromatic carbocycles. The van der Waals surface area contributed by atoms with Gasteiger partial charge in [-0.3, -0.25) is 9.59 Å². The zero-order valence-corrected chi connectivity index (χ0v) is 20.2. The highest BCUT2D eigenvalue weighted by Crippen LogP contribution is 2.46. The van der Waals surface area contributed by atoms with E-state index in [0.29, 0.717) is 44.7 Å². The molecule has 2 aromatic rings. The van der Waals surface area contributed by atoms with Crippen molar-refractivity contribution in [2.75, 3.05) is 19.5 Å². The molecule has 172 valence electrons. The molecule has 2 aliphatic rings. The van der Waals surface area contributed by atoms with Gasteiger partial charge in [-0.05, 0) is 65.5 Å². The van der Waals surface area contributed by atoms with Crippen LogP contribution in [0.5, 0.6) is 17.2 Å². The van der Waals surface area contributed by atoms with Crippen molar-refractivity contribution in [3.63, 3.8) is 0 Å². The predicted molar refractivity (Wildman–Crippen MR) is 128 cm³/mol. The van der Waals surface area contributed by atoms with Gasteiger partial charge < -0.3 is 25.2 Å². The van der Waals surface area contributed by atoms with Crippen LogP contribution in [-0.2, 0) is 9.59 Å². The Labute approximate surface area is 200 Å². The van der Waals surface area contributed by atoms with Gasteiger partial charge in [0.25, 0.3) is 5.91 Å². The topological polar surface area (TPSA) is 96.9 Å². The number of carbonyl (C=O) groups is 2. The maximum Gasteiger partial charge on any atom is 0.254 e. The number of hydrogen-bond donors (Lipinski definition) is 3. The molecule has 33 heavy (non-hydrogen) atoms. The first-order valence-corrected chi connectivity index (χ1v) is 11.4. The number of ether oxygens (including phenoxy) is 2. The van der Waals surface area contributed by atoms with E-state index < -0.39 is 5.92 Å². The first-order valence-electron chi connectivity index (χ1n) is 10.6. The van der Waals surface area contributed by atoms with Crippen molar-refractivity contribution in [2.45, 2.75) is 32.1 Å². The fraction of sp³-hybridized carbons (Fsp3) is 0.280. The van der Waals surface area contributed by atoms with E-state index in [1.54, 1.807) is 31.4 Å². The van der Waals surface area contributed by atoms with Crippen molar-refractivity contribution in [1.29, 1.82) is 0 Å². The average Bonchev–Trinajstić information content (AvgIpc) is 2.80. The lowest BCUT2D eigenvalue weighted by molar-refractivity contribution is -0.116. The largest absolute Gasteiger partial charge is 0.503 e. The summed E-state index contributed by atoms with van der Waals surface area (Å²) in [5.74, 6) is -0.207. The molecule has 1 unspecified atom stereocenters. The van der Waals surface area contributed by atoms with Crippen molar-refractivity contribution in [3.8, 4) is 17.2 Å². The van der Waals surface area contributed by atoms with Gasteiger partial charge in [-0.25, -0.2) is 0 Å². The lowest BCUT2D eigenvalue weighted by Gasteiger charge is -2.34. The minimum Gasteiger partial charge on any atom is -0.503 e. The molecule has 0 aromatic heterocycles. The number of allylic oxidation sites excluding steroid dienone is 3. The van der Waals surface area contributed by atoms with Gasteiger partial charge in [-0.1, -0.05) is 12.1 Å². The van der Waals surface area contributed by atoms with Gasteiger partial charge in [-0.2, -0.15) is 0 Å². The Kier molecular flexibility index (Phi) is 6.47. The summed E-state index contributed by atoms with van der Waals surface area (Å²) in [6, 6.07) is 10.6. The van der Waals surface area contributed by atoms with Gasteiger partial charge in [0.05, 0.1) is 24.4 Å². The highest BCUT2D eigenvalue weighted by molar-refractivity contribution is 9.10. The summed E-state index contributed by atoms with van der Waals surface area (Å²) in [5, 5.41) is 16.6. The van der Waals surface area contributed by atoms with Gasteiger partial charge in [-0.15, -0.1) is 0 Å². The number of hydrogen-bond acceptors (Lipinski definition) is 6. The second-order valence-electron chi connectivity index (χ2n) is 7.97. The van der Waals surface area contributed by atoms with E-state index in [9.17, 15) is 14.7 Å². The molecule has 1 heterocycles. The van der Waals surface area contributed by atoms with Crippen molar-refractivity contribution >= 4 is 33.3 Å². The number of halogens is 1. The lowest BCUT2D eigenvalue weighted by atomic mass is 9.75. The number of anilines is 1. The van der Waals surface area contributed by atoms with Crippen molar-refractivity contribution in [1.82, 2.24) is 5.32 Å². The Bertz CT molecular complexity index is 1200. The van der Waals surface area contributed by atoms with Crippen LogP contribution >= 0.6 is 15.9 Å². The Hall–Kier alpha value is -3.26. The molecule has 1 aliphatic heterocycles. The molecule has 3 N–H and O–H groups in total. The number of phenolic OH excluding ortho intramolecular Hbond substituents is 1. The molecule has 1 atom stereocenters. The van der Waals surface area contributed by atoms with Crippen LogP contribution in [0.3, 0.4) is 0 Å². The minimum atomic E-state index is -0.616. The molecule has 7 nitrogen and oxygen atoms in total. The van der Waals surface area contributed by atoms with Crippen molar-refractivity contribution < 1.29 is 24.2 Å². The molecular weight excluding hydrogens is 488 g/mol. The molecular formula is C25H25BrN2O5. The van der Waals surface area contributed by atoms with E-state index >= 15 is 0 Å². The Morgan fingerprint density at radius 2 is 1.88 bits per heavy atom. The van der Waals surface area contributed by atoms with E-state index in [4.69, 9.17) is 9.47 Å². The van der Waals surface area contributed by atoms with Crippen LogP contribution in [-0.4, -0.2) is 31.0 Å². The predicted octanol–water partition coefficient (Wildman–Crippen LogP) is 4.78. The van der Waals surface area contributed by atoms with E-state index in [0.717, 1.165) is 18.5 Å². The van der Waals surface area contributed by atoms with Crippen LogP contribution in [0, 0.1) is 0 Å². The maximum absolute atomic E-state index is 13.6. The summed E-state index contributed by atoms with van der Waals surface area (Å²) in [7, 11) is 3.00. The number of para-hydroxylation sites is 2. The van der Waals surface area contributed by atoms with Crippen LogP contribution in [0.4, 0.5) is 5.69 Å². The fourth-order valence-electron chi connectivity index (χ4n) is 4.47. The van der Waals surface area contributed by atoms with Gasteiger partial charge in [0, 0.05) is 34.9 Å². The molecule has 0 fully saturated rings. The lowest BCUT2D eigenvalue weighted by Crippen LogP contribution is -2.35. The van der Waals surface area contributed by atoms with Crippen LogP contribution in [0.2, 0.25) is 0 Å². The highest BCUT2D eigenvalue weighted by atomic mass is 79.9. The Morgan fingerprint density at radius 3 is 2.61 bits per heavy atom. The second-order valence-corrected chi connectivity index (χ2v) is 8.83. The molecule has 1 aliphatic carbocycles. The number of phenols is 1. The number of aromatic hydroxyl groups is 1. The number of amides is 1. The van der Waals surface area contributed by atoms with Gasteiger partial charge in [0.15, 0.2) is 17.3 Å². The molecule has 4 rings (SSSR count). The SMILES string of the molecule is COc1ccccc1NC(=O)C1=C(C)NC2=C(C(=O)CCC2)C1c1cc(Br)c(O)c(OC)c1. The summed E-state index contributed by atoms with van der Waals surface area (Å²) in [6.07, 6.45) is 1.91. The van der Waals surface area contributed by atoms with Crippen LogP contribution in [0.25, 0.3) is 0 Å². The molecule has 1 amide bonds. The zero-order valence-electron chi connectivity index (χ0n) is 18.6. The number of nitrogens with one attached hydrogen (secondary N) is 2. The molecule has 0 saturated carbocycles. The van der Waals surface area contributed by atoms with E-state index in [1.165, 1.54) is 7.11 Å². The van der Waals surface area contributed by atoms with Crippen LogP contribution in [0.15, 0.2) is 63.4 Å². The number of Topliss-reactive ketones (excluding diaryl/α,β-unsaturated/α-hetero) is 1. The smallest absolute Gasteiger partial charge is 0.254 e. The minimum absolute atomic E-state index is 0.00649. The quantitative estimate of drug-likeness (QED) is 0.533. The Morgan fingerprint density at radius 1 is 1.15 bits per heavy atom. The number of carbonyl (C=O) groups excluding carboxylic acids is 2. The molecule has 0 saturated heterocycles. The van der Waals surface area contributed by atoms with Crippen molar-refractivity contribution in [3.05, 3.63) is 69.0 Å². The third kappa shape index (κ3) is 4.23. The van der Waals surface area contributed by atoms with Crippen LogP contribution in [0.1, 0.15) is 37.7 Å². The molecule has 0 spiro atoms. The summed E-state index contributed by atoms with van der Waals surface area (Å²) < 4.78 is 11.1. The first kappa shape index (κ1) is 22.9. The molecule has 8 heteroatoms. The highest BCUT2D eigenvalue weighted by Gasteiger charge is 2.39.